The first-order valence-electron chi connectivity index (χ1n) is 5.74. The highest BCUT2D eigenvalue weighted by Crippen LogP contribution is 2.23. The van der Waals surface area contributed by atoms with Crippen LogP contribution in [0.1, 0.15) is 6.92 Å². The van der Waals surface area contributed by atoms with Crippen LogP contribution in [0, 0.1) is 0 Å². The van der Waals surface area contributed by atoms with Gasteiger partial charge >= 0.3 is 5.97 Å². The molecule has 0 aliphatic carbocycles. The molecule has 2 rings (SSSR count). The normalized spacial score (nSPS) is 19.6. The van der Waals surface area contributed by atoms with Crippen molar-refractivity contribution < 1.29 is 14.6 Å². The van der Waals surface area contributed by atoms with Crippen molar-refractivity contribution in [2.45, 2.75) is 13.0 Å². The summed E-state index contributed by atoms with van der Waals surface area (Å²) in [6.45, 7) is 3.04. The van der Waals surface area contributed by atoms with Crippen molar-refractivity contribution in [3.63, 3.8) is 0 Å². The summed E-state index contributed by atoms with van der Waals surface area (Å²) in [4.78, 5) is 21.3. The average molecular weight is 269 g/mol. The fourth-order valence-corrected chi connectivity index (χ4v) is 2.81. The van der Waals surface area contributed by atoms with E-state index in [1.807, 2.05) is 6.92 Å². The highest BCUT2D eigenvalue weighted by atomic mass is 32.2. The van der Waals surface area contributed by atoms with E-state index >= 15 is 0 Å². The molecule has 1 unspecified atom stereocenters. The van der Waals surface area contributed by atoms with E-state index in [0.29, 0.717) is 30.6 Å². The predicted octanol–water partition coefficient (Wildman–Crippen LogP) is 0.882. The molecule has 1 aliphatic rings. The molecule has 1 saturated heterocycles. The van der Waals surface area contributed by atoms with Gasteiger partial charge in [-0.15, -0.1) is 0 Å². The van der Waals surface area contributed by atoms with Crippen molar-refractivity contribution in [2.75, 3.05) is 29.6 Å². The minimum Gasteiger partial charge on any atom is -0.480 e. The molecule has 0 radical (unpaired) electrons. The maximum atomic E-state index is 11.2. The Kier molecular flexibility index (Phi) is 4.24. The zero-order valence-electron chi connectivity index (χ0n) is 10.1. The molecule has 0 bridgehead atoms. The molecule has 0 saturated carbocycles. The van der Waals surface area contributed by atoms with E-state index in [1.54, 1.807) is 22.9 Å². The molecular formula is C11H15N3O3S. The summed E-state index contributed by atoms with van der Waals surface area (Å²) in [5, 5.41) is 9.21. The number of aliphatic carboxylic acids is 1. The van der Waals surface area contributed by atoms with Gasteiger partial charge in [0.1, 0.15) is 6.04 Å². The Balaban J connectivity index is 2.22. The number of hydrogen-bond donors (Lipinski definition) is 1. The van der Waals surface area contributed by atoms with E-state index in [0.717, 1.165) is 5.75 Å². The number of aromatic nitrogens is 2. The van der Waals surface area contributed by atoms with E-state index in [2.05, 4.69) is 9.97 Å². The minimum atomic E-state index is -0.828. The Bertz CT molecular complexity index is 430. The van der Waals surface area contributed by atoms with Crippen LogP contribution < -0.4 is 9.64 Å². The Hall–Kier alpha value is -1.50. The standard InChI is InChI=1S/C11H15N3O3S/c1-2-17-10-6-12-5-9(13-10)14-3-4-18-7-8(14)11(15)16/h5-6,8H,2-4,7H2,1H3,(H,15,16). The monoisotopic (exact) mass is 269 g/mol. The number of carboxylic acids is 1. The van der Waals surface area contributed by atoms with Gasteiger partial charge in [0, 0.05) is 18.1 Å². The number of carbonyl (C=O) groups is 1. The van der Waals surface area contributed by atoms with Gasteiger partial charge in [-0.3, -0.25) is 4.98 Å². The van der Waals surface area contributed by atoms with Crippen LogP contribution in [0.5, 0.6) is 5.88 Å². The van der Waals surface area contributed by atoms with Crippen molar-refractivity contribution in [3.8, 4) is 5.88 Å². The smallest absolute Gasteiger partial charge is 0.327 e. The number of hydrogen-bond acceptors (Lipinski definition) is 6. The number of carboxylic acid groups (broad SMARTS) is 1. The van der Waals surface area contributed by atoms with E-state index in [4.69, 9.17) is 4.74 Å². The summed E-state index contributed by atoms with van der Waals surface area (Å²) in [6, 6.07) is -0.546. The topological polar surface area (TPSA) is 75.5 Å². The molecule has 7 heteroatoms. The van der Waals surface area contributed by atoms with Gasteiger partial charge in [0.2, 0.25) is 5.88 Å². The first kappa shape index (κ1) is 12.9. The van der Waals surface area contributed by atoms with Crippen molar-refractivity contribution in [3.05, 3.63) is 12.4 Å². The van der Waals surface area contributed by atoms with E-state index < -0.39 is 12.0 Å². The quantitative estimate of drug-likeness (QED) is 0.869. The molecule has 0 aromatic carbocycles. The second kappa shape index (κ2) is 5.90. The highest BCUT2D eigenvalue weighted by molar-refractivity contribution is 7.99. The number of rotatable bonds is 4. The number of ether oxygens (including phenoxy) is 1. The van der Waals surface area contributed by atoms with Crippen LogP contribution in [-0.4, -0.2) is 51.7 Å². The average Bonchev–Trinajstić information content (AvgIpc) is 2.39. The maximum absolute atomic E-state index is 11.2. The number of anilines is 1. The summed E-state index contributed by atoms with van der Waals surface area (Å²) in [7, 11) is 0. The second-order valence-electron chi connectivity index (χ2n) is 3.77. The molecule has 98 valence electrons. The third-order valence-electron chi connectivity index (χ3n) is 2.60. The largest absolute Gasteiger partial charge is 0.480 e. The third kappa shape index (κ3) is 2.84. The number of nitrogens with zero attached hydrogens (tertiary/aromatic N) is 3. The van der Waals surface area contributed by atoms with Crippen molar-refractivity contribution in [1.29, 1.82) is 0 Å². The van der Waals surface area contributed by atoms with Crippen LogP contribution in [0.15, 0.2) is 12.4 Å². The molecule has 18 heavy (non-hydrogen) atoms. The van der Waals surface area contributed by atoms with Gasteiger partial charge in [-0.1, -0.05) is 0 Å². The molecular weight excluding hydrogens is 254 g/mol. The SMILES string of the molecule is CCOc1cncc(N2CCSCC2C(=O)O)n1. The van der Waals surface area contributed by atoms with Gasteiger partial charge in [0.25, 0.3) is 0 Å². The van der Waals surface area contributed by atoms with Crippen LogP contribution in [0.25, 0.3) is 0 Å². The fraction of sp³-hybridized carbons (Fsp3) is 0.545. The molecule has 0 amide bonds. The predicted molar refractivity (Wildman–Crippen MR) is 69.3 cm³/mol. The second-order valence-corrected chi connectivity index (χ2v) is 4.92. The Labute approximate surface area is 109 Å². The fourth-order valence-electron chi connectivity index (χ4n) is 1.78. The molecule has 1 atom stereocenters. The Morgan fingerprint density at radius 3 is 3.22 bits per heavy atom. The van der Waals surface area contributed by atoms with Gasteiger partial charge in [0.15, 0.2) is 5.82 Å². The summed E-state index contributed by atoms with van der Waals surface area (Å²) in [6.07, 6.45) is 3.11. The summed E-state index contributed by atoms with van der Waals surface area (Å²) < 4.78 is 5.28. The lowest BCUT2D eigenvalue weighted by atomic mass is 10.3. The van der Waals surface area contributed by atoms with Crippen molar-refractivity contribution >= 4 is 23.5 Å². The molecule has 6 nitrogen and oxygen atoms in total. The summed E-state index contributed by atoms with van der Waals surface area (Å²) in [5.41, 5.74) is 0. The van der Waals surface area contributed by atoms with Gasteiger partial charge < -0.3 is 14.7 Å². The first-order chi connectivity index (χ1) is 8.72. The number of thioether (sulfide) groups is 1. The highest BCUT2D eigenvalue weighted by Gasteiger charge is 2.30. The lowest BCUT2D eigenvalue weighted by Gasteiger charge is -2.33. The zero-order valence-corrected chi connectivity index (χ0v) is 10.9. The van der Waals surface area contributed by atoms with Crippen molar-refractivity contribution in [1.82, 2.24) is 9.97 Å². The lowest BCUT2D eigenvalue weighted by Crippen LogP contribution is -2.47. The van der Waals surface area contributed by atoms with Gasteiger partial charge in [-0.2, -0.15) is 16.7 Å². The van der Waals surface area contributed by atoms with E-state index in [-0.39, 0.29) is 0 Å². The van der Waals surface area contributed by atoms with Gasteiger partial charge in [-0.25, -0.2) is 4.79 Å². The van der Waals surface area contributed by atoms with Crippen LogP contribution in [-0.2, 0) is 4.79 Å². The lowest BCUT2D eigenvalue weighted by molar-refractivity contribution is -0.138. The zero-order chi connectivity index (χ0) is 13.0. The minimum absolute atomic E-state index is 0.428. The first-order valence-corrected chi connectivity index (χ1v) is 6.90. The Morgan fingerprint density at radius 2 is 2.50 bits per heavy atom. The van der Waals surface area contributed by atoms with E-state index in [1.165, 1.54) is 6.20 Å². The molecule has 0 spiro atoms. The third-order valence-corrected chi connectivity index (χ3v) is 3.62. The van der Waals surface area contributed by atoms with Crippen LogP contribution in [0.2, 0.25) is 0 Å². The van der Waals surface area contributed by atoms with Crippen molar-refractivity contribution in [2.24, 2.45) is 0 Å². The molecule has 1 aromatic heterocycles. The molecule has 1 N–H and O–H groups in total. The molecule has 1 aromatic rings. The molecule has 1 aliphatic heterocycles. The molecule has 2 heterocycles. The Morgan fingerprint density at radius 1 is 1.67 bits per heavy atom. The van der Waals surface area contributed by atoms with Crippen LogP contribution >= 0.6 is 11.8 Å². The van der Waals surface area contributed by atoms with Crippen LogP contribution in [0.3, 0.4) is 0 Å². The van der Waals surface area contributed by atoms with E-state index in [9.17, 15) is 9.90 Å². The summed E-state index contributed by atoms with van der Waals surface area (Å²) in [5.74, 6) is 1.62. The van der Waals surface area contributed by atoms with Gasteiger partial charge in [0.05, 0.1) is 19.0 Å². The summed E-state index contributed by atoms with van der Waals surface area (Å²) >= 11 is 1.64. The van der Waals surface area contributed by atoms with Crippen LogP contribution in [0.4, 0.5) is 5.82 Å². The molecule has 1 fully saturated rings. The van der Waals surface area contributed by atoms with Gasteiger partial charge in [-0.05, 0) is 6.92 Å². The maximum Gasteiger partial charge on any atom is 0.327 e.